The Bertz CT molecular complexity index is 333. The van der Waals surface area contributed by atoms with Crippen LogP contribution in [0.2, 0.25) is 5.02 Å². The fraction of sp³-hybridized carbons (Fsp3) is 0.222. The van der Waals surface area contributed by atoms with Crippen molar-refractivity contribution in [2.75, 3.05) is 11.9 Å². The van der Waals surface area contributed by atoms with E-state index in [0.29, 0.717) is 23.7 Å². The van der Waals surface area contributed by atoms with Crippen LogP contribution in [0.4, 0.5) is 10.1 Å². The minimum absolute atomic E-state index is 0.344. The maximum Gasteiger partial charge on any atom is 0.125 e. The lowest BCUT2D eigenvalue weighted by molar-refractivity contribution is 0.628. The molecule has 0 aliphatic carbocycles. The number of anilines is 1. The zero-order valence-electron chi connectivity index (χ0n) is 6.85. The first kappa shape index (κ1) is 9.82. The molecule has 1 aromatic rings. The highest BCUT2D eigenvalue weighted by Crippen LogP contribution is 2.21. The molecule has 1 aromatic carbocycles. The van der Waals surface area contributed by atoms with E-state index in [1.165, 1.54) is 18.2 Å². The second-order valence-corrected chi connectivity index (χ2v) is 2.87. The van der Waals surface area contributed by atoms with E-state index in [4.69, 9.17) is 16.9 Å². The third-order valence-corrected chi connectivity index (χ3v) is 1.81. The quantitative estimate of drug-likeness (QED) is 0.759. The van der Waals surface area contributed by atoms with Gasteiger partial charge in [-0.25, -0.2) is 4.39 Å². The summed E-state index contributed by atoms with van der Waals surface area (Å²) in [6.07, 6.45) is 0.368. The van der Waals surface area contributed by atoms with E-state index in [0.717, 1.165) is 0 Å². The number of hydrogen-bond acceptors (Lipinski definition) is 2. The normalized spacial score (nSPS) is 9.31. The summed E-state index contributed by atoms with van der Waals surface area (Å²) in [5.74, 6) is -0.344. The van der Waals surface area contributed by atoms with E-state index in [2.05, 4.69) is 5.32 Å². The lowest BCUT2D eigenvalue weighted by Crippen LogP contribution is -2.00. The van der Waals surface area contributed by atoms with Crippen LogP contribution in [0, 0.1) is 17.1 Å². The molecule has 0 spiro atoms. The van der Waals surface area contributed by atoms with Crippen LogP contribution >= 0.6 is 11.6 Å². The highest BCUT2D eigenvalue weighted by atomic mass is 35.5. The van der Waals surface area contributed by atoms with Gasteiger partial charge in [0.05, 0.1) is 23.2 Å². The molecular formula is C9H8ClFN2. The number of hydrogen-bond donors (Lipinski definition) is 1. The van der Waals surface area contributed by atoms with Gasteiger partial charge in [-0.15, -0.1) is 0 Å². The van der Waals surface area contributed by atoms with Gasteiger partial charge in [-0.2, -0.15) is 5.26 Å². The predicted octanol–water partition coefficient (Wildman–Crippen LogP) is 2.80. The second-order valence-electron chi connectivity index (χ2n) is 2.46. The molecule has 0 bridgehead atoms. The summed E-state index contributed by atoms with van der Waals surface area (Å²) in [6.45, 7) is 0.472. The van der Waals surface area contributed by atoms with Crippen LogP contribution in [0.25, 0.3) is 0 Å². The van der Waals surface area contributed by atoms with Gasteiger partial charge in [0, 0.05) is 6.54 Å². The molecule has 1 N–H and O–H groups in total. The van der Waals surface area contributed by atoms with Crippen molar-refractivity contribution in [1.82, 2.24) is 0 Å². The van der Waals surface area contributed by atoms with Crippen molar-refractivity contribution in [3.63, 3.8) is 0 Å². The Balaban J connectivity index is 2.65. The first-order valence-electron chi connectivity index (χ1n) is 3.80. The lowest BCUT2D eigenvalue weighted by Gasteiger charge is -2.05. The number of rotatable bonds is 3. The molecule has 0 heterocycles. The van der Waals surface area contributed by atoms with Crippen molar-refractivity contribution < 1.29 is 4.39 Å². The van der Waals surface area contributed by atoms with Gasteiger partial charge >= 0.3 is 0 Å². The highest BCUT2D eigenvalue weighted by Gasteiger charge is 2.00. The highest BCUT2D eigenvalue weighted by molar-refractivity contribution is 6.33. The number of nitriles is 1. The Kier molecular flexibility index (Phi) is 3.53. The maximum atomic E-state index is 12.7. The van der Waals surface area contributed by atoms with Gasteiger partial charge in [-0.1, -0.05) is 11.6 Å². The fourth-order valence-electron chi connectivity index (χ4n) is 0.886. The summed E-state index contributed by atoms with van der Waals surface area (Å²) in [7, 11) is 0. The Labute approximate surface area is 80.9 Å². The molecule has 68 valence electrons. The van der Waals surface area contributed by atoms with Gasteiger partial charge in [0.15, 0.2) is 0 Å². The summed E-state index contributed by atoms with van der Waals surface area (Å²) in [4.78, 5) is 0. The molecule has 0 radical (unpaired) electrons. The van der Waals surface area contributed by atoms with Crippen molar-refractivity contribution >= 4 is 17.3 Å². The van der Waals surface area contributed by atoms with Crippen LogP contribution in [0.15, 0.2) is 18.2 Å². The van der Waals surface area contributed by atoms with Crippen LogP contribution in [0.5, 0.6) is 0 Å². The first-order chi connectivity index (χ1) is 6.24. The molecule has 1 rings (SSSR count). The Morgan fingerprint density at radius 1 is 1.54 bits per heavy atom. The van der Waals surface area contributed by atoms with E-state index in [1.807, 2.05) is 6.07 Å². The summed E-state index contributed by atoms with van der Waals surface area (Å²) < 4.78 is 12.7. The monoisotopic (exact) mass is 198 g/mol. The molecular weight excluding hydrogens is 191 g/mol. The minimum Gasteiger partial charge on any atom is -0.383 e. The zero-order chi connectivity index (χ0) is 9.68. The van der Waals surface area contributed by atoms with Crippen molar-refractivity contribution in [2.24, 2.45) is 0 Å². The molecule has 4 heteroatoms. The Hall–Kier alpha value is -1.27. The molecule has 0 aromatic heterocycles. The van der Waals surface area contributed by atoms with Crippen molar-refractivity contribution in [3.05, 3.63) is 29.0 Å². The van der Waals surface area contributed by atoms with Crippen LogP contribution in [-0.2, 0) is 0 Å². The van der Waals surface area contributed by atoms with Crippen molar-refractivity contribution in [3.8, 4) is 6.07 Å². The van der Waals surface area contributed by atoms with Crippen molar-refractivity contribution in [2.45, 2.75) is 6.42 Å². The van der Waals surface area contributed by atoms with Crippen LogP contribution < -0.4 is 5.32 Å². The van der Waals surface area contributed by atoms with Crippen molar-refractivity contribution in [1.29, 1.82) is 5.26 Å². The van der Waals surface area contributed by atoms with Gasteiger partial charge in [0.25, 0.3) is 0 Å². The largest absolute Gasteiger partial charge is 0.383 e. The number of nitrogens with one attached hydrogen (secondary N) is 1. The third kappa shape index (κ3) is 2.92. The van der Waals surface area contributed by atoms with Crippen LogP contribution in [0.3, 0.4) is 0 Å². The maximum absolute atomic E-state index is 12.7. The van der Waals surface area contributed by atoms with E-state index in [1.54, 1.807) is 0 Å². The van der Waals surface area contributed by atoms with Gasteiger partial charge in [-0.3, -0.25) is 0 Å². The summed E-state index contributed by atoms with van der Waals surface area (Å²) in [5, 5.41) is 11.6. The fourth-order valence-corrected chi connectivity index (χ4v) is 1.07. The van der Waals surface area contributed by atoms with Gasteiger partial charge in [0.1, 0.15) is 5.82 Å². The molecule has 0 saturated carbocycles. The Morgan fingerprint density at radius 2 is 2.31 bits per heavy atom. The molecule has 2 nitrogen and oxygen atoms in total. The smallest absolute Gasteiger partial charge is 0.125 e. The summed E-state index contributed by atoms with van der Waals surface area (Å²) in [6, 6.07) is 6.05. The lowest BCUT2D eigenvalue weighted by atomic mass is 10.3. The molecule has 0 atom stereocenters. The van der Waals surface area contributed by atoms with E-state index in [-0.39, 0.29) is 5.82 Å². The van der Waals surface area contributed by atoms with E-state index < -0.39 is 0 Å². The number of benzene rings is 1. The van der Waals surface area contributed by atoms with Gasteiger partial charge in [0.2, 0.25) is 0 Å². The average Bonchev–Trinajstić information content (AvgIpc) is 2.11. The minimum atomic E-state index is -0.344. The molecule has 0 unspecified atom stereocenters. The predicted molar refractivity (Wildman–Crippen MR) is 50.1 cm³/mol. The molecule has 0 amide bonds. The van der Waals surface area contributed by atoms with Gasteiger partial charge < -0.3 is 5.32 Å². The molecule has 0 fully saturated rings. The van der Waals surface area contributed by atoms with Gasteiger partial charge in [-0.05, 0) is 18.2 Å². The summed E-state index contributed by atoms with van der Waals surface area (Å²) >= 11 is 5.76. The first-order valence-corrected chi connectivity index (χ1v) is 4.17. The standard InChI is InChI=1S/C9H8ClFN2/c10-8-3-2-7(11)6-9(8)13-5-1-4-12/h2-3,6,13H,1,5H2. The average molecular weight is 199 g/mol. The molecule has 0 saturated heterocycles. The van der Waals surface area contributed by atoms with Crippen LogP contribution in [-0.4, -0.2) is 6.54 Å². The number of halogens is 2. The Morgan fingerprint density at radius 3 is 3.00 bits per heavy atom. The van der Waals surface area contributed by atoms with E-state index >= 15 is 0 Å². The SMILES string of the molecule is N#CCCNc1cc(F)ccc1Cl. The third-order valence-electron chi connectivity index (χ3n) is 1.48. The topological polar surface area (TPSA) is 35.8 Å². The van der Waals surface area contributed by atoms with E-state index in [9.17, 15) is 4.39 Å². The molecule has 0 aliphatic rings. The molecule has 13 heavy (non-hydrogen) atoms. The number of nitrogens with zero attached hydrogens (tertiary/aromatic N) is 1. The van der Waals surface area contributed by atoms with Crippen LogP contribution in [0.1, 0.15) is 6.42 Å². The second kappa shape index (κ2) is 4.68. The zero-order valence-corrected chi connectivity index (χ0v) is 7.61. The summed E-state index contributed by atoms with van der Waals surface area (Å²) in [5.41, 5.74) is 0.525. The molecule has 0 aliphatic heterocycles.